The first-order chi connectivity index (χ1) is 13.5. The zero-order valence-electron chi connectivity index (χ0n) is 19.0. The molecular weight excluding hydrogens is 473 g/mol. The molecule has 0 amide bonds. The van der Waals surface area contributed by atoms with E-state index in [1.54, 1.807) is 0 Å². The van der Waals surface area contributed by atoms with Gasteiger partial charge in [0.25, 0.3) is 0 Å². The highest BCUT2D eigenvalue weighted by atomic mass is 127. The van der Waals surface area contributed by atoms with Gasteiger partial charge in [0.1, 0.15) is 0 Å². The SMILES string of the molecule is CCNC(=NCCN(C(C)C)C(C)C)NC1CCN(Cc2ccccc2)CC1.I. The van der Waals surface area contributed by atoms with Crippen molar-refractivity contribution < 1.29 is 0 Å². The minimum Gasteiger partial charge on any atom is -0.357 e. The van der Waals surface area contributed by atoms with E-state index in [2.05, 4.69) is 85.4 Å². The Bertz CT molecular complexity index is 560. The number of halogens is 1. The average Bonchev–Trinajstić information content (AvgIpc) is 2.67. The van der Waals surface area contributed by atoms with Crippen LogP contribution >= 0.6 is 24.0 Å². The van der Waals surface area contributed by atoms with Crippen molar-refractivity contribution in [1.82, 2.24) is 20.4 Å². The molecule has 166 valence electrons. The predicted molar refractivity (Wildman–Crippen MR) is 136 cm³/mol. The molecule has 1 heterocycles. The molecule has 2 N–H and O–H groups in total. The summed E-state index contributed by atoms with van der Waals surface area (Å²) in [6.07, 6.45) is 2.34. The van der Waals surface area contributed by atoms with Crippen molar-refractivity contribution in [2.24, 2.45) is 4.99 Å². The molecule has 0 radical (unpaired) electrons. The molecule has 1 aliphatic heterocycles. The maximum Gasteiger partial charge on any atom is 0.191 e. The summed E-state index contributed by atoms with van der Waals surface area (Å²) in [6, 6.07) is 12.4. The lowest BCUT2D eigenvalue weighted by Gasteiger charge is -2.33. The van der Waals surface area contributed by atoms with Crippen LogP contribution in [-0.4, -0.2) is 66.6 Å². The van der Waals surface area contributed by atoms with Gasteiger partial charge >= 0.3 is 0 Å². The van der Waals surface area contributed by atoms with Crippen LogP contribution in [0, 0.1) is 0 Å². The van der Waals surface area contributed by atoms with Crippen molar-refractivity contribution >= 4 is 29.9 Å². The van der Waals surface area contributed by atoms with Crippen LogP contribution in [0.25, 0.3) is 0 Å². The smallest absolute Gasteiger partial charge is 0.191 e. The topological polar surface area (TPSA) is 42.9 Å². The van der Waals surface area contributed by atoms with Crippen LogP contribution in [0.5, 0.6) is 0 Å². The van der Waals surface area contributed by atoms with E-state index in [-0.39, 0.29) is 24.0 Å². The first-order valence-corrected chi connectivity index (χ1v) is 11.1. The summed E-state index contributed by atoms with van der Waals surface area (Å²) in [5.41, 5.74) is 1.41. The van der Waals surface area contributed by atoms with Gasteiger partial charge < -0.3 is 10.6 Å². The third-order valence-corrected chi connectivity index (χ3v) is 5.48. The Morgan fingerprint density at radius 2 is 1.72 bits per heavy atom. The predicted octanol–water partition coefficient (Wildman–Crippen LogP) is 3.94. The lowest BCUT2D eigenvalue weighted by molar-refractivity contribution is 0.180. The molecule has 1 aliphatic rings. The van der Waals surface area contributed by atoms with Gasteiger partial charge in [-0.25, -0.2) is 0 Å². The van der Waals surface area contributed by atoms with E-state index >= 15 is 0 Å². The van der Waals surface area contributed by atoms with Gasteiger partial charge in [0.15, 0.2) is 5.96 Å². The van der Waals surface area contributed by atoms with Gasteiger partial charge in [-0.1, -0.05) is 30.3 Å². The fraction of sp³-hybridized carbons (Fsp3) is 0.696. The van der Waals surface area contributed by atoms with Crippen molar-refractivity contribution in [2.45, 2.75) is 72.1 Å². The zero-order valence-corrected chi connectivity index (χ0v) is 21.4. The zero-order chi connectivity index (χ0) is 20.4. The summed E-state index contributed by atoms with van der Waals surface area (Å²) in [5.74, 6) is 0.969. The molecular formula is C23H42IN5. The van der Waals surface area contributed by atoms with E-state index in [0.29, 0.717) is 18.1 Å². The van der Waals surface area contributed by atoms with Crippen molar-refractivity contribution in [3.8, 4) is 0 Å². The number of aliphatic imine (C=N–C) groups is 1. The van der Waals surface area contributed by atoms with E-state index in [1.807, 2.05) is 0 Å². The van der Waals surface area contributed by atoms with Gasteiger partial charge in [0.2, 0.25) is 0 Å². The molecule has 6 heteroatoms. The Morgan fingerprint density at radius 1 is 1.10 bits per heavy atom. The third kappa shape index (κ3) is 9.66. The summed E-state index contributed by atoms with van der Waals surface area (Å²) in [7, 11) is 0. The molecule has 29 heavy (non-hydrogen) atoms. The average molecular weight is 516 g/mol. The normalized spacial score (nSPS) is 16.3. The number of hydrogen-bond donors (Lipinski definition) is 2. The monoisotopic (exact) mass is 515 g/mol. The summed E-state index contributed by atoms with van der Waals surface area (Å²) in [6.45, 7) is 17.2. The molecule has 0 bridgehead atoms. The van der Waals surface area contributed by atoms with Crippen molar-refractivity contribution in [3.05, 3.63) is 35.9 Å². The molecule has 0 aromatic heterocycles. The van der Waals surface area contributed by atoms with E-state index in [4.69, 9.17) is 4.99 Å². The van der Waals surface area contributed by atoms with Gasteiger partial charge in [-0.3, -0.25) is 14.8 Å². The van der Waals surface area contributed by atoms with Gasteiger partial charge in [-0.2, -0.15) is 0 Å². The van der Waals surface area contributed by atoms with Crippen LogP contribution < -0.4 is 10.6 Å². The van der Waals surface area contributed by atoms with E-state index in [1.165, 1.54) is 18.4 Å². The third-order valence-electron chi connectivity index (χ3n) is 5.48. The molecule has 1 aromatic carbocycles. The molecule has 0 atom stereocenters. The quantitative estimate of drug-likeness (QED) is 0.297. The van der Waals surface area contributed by atoms with Gasteiger partial charge in [-0.05, 0) is 53.0 Å². The van der Waals surface area contributed by atoms with Crippen molar-refractivity contribution in [2.75, 3.05) is 32.7 Å². The molecule has 0 saturated carbocycles. The summed E-state index contributed by atoms with van der Waals surface area (Å²) >= 11 is 0. The number of rotatable bonds is 9. The Hall–Kier alpha value is -0.860. The Balaban J connectivity index is 0.00000420. The molecule has 2 rings (SSSR count). The molecule has 1 aromatic rings. The first-order valence-electron chi connectivity index (χ1n) is 11.1. The highest BCUT2D eigenvalue weighted by Gasteiger charge is 2.20. The summed E-state index contributed by atoms with van der Waals surface area (Å²) in [4.78, 5) is 9.89. The Labute approximate surface area is 195 Å². The number of guanidine groups is 1. The van der Waals surface area contributed by atoms with Gasteiger partial charge in [0, 0.05) is 50.8 Å². The summed E-state index contributed by atoms with van der Waals surface area (Å²) in [5, 5.41) is 7.09. The van der Waals surface area contributed by atoms with Crippen molar-refractivity contribution in [3.63, 3.8) is 0 Å². The van der Waals surface area contributed by atoms with E-state index in [0.717, 1.165) is 45.2 Å². The fourth-order valence-electron chi connectivity index (χ4n) is 3.98. The van der Waals surface area contributed by atoms with Gasteiger partial charge in [-0.15, -0.1) is 24.0 Å². The molecule has 1 fully saturated rings. The lowest BCUT2D eigenvalue weighted by atomic mass is 10.0. The highest BCUT2D eigenvalue weighted by Crippen LogP contribution is 2.14. The van der Waals surface area contributed by atoms with Crippen LogP contribution in [0.2, 0.25) is 0 Å². The molecule has 5 nitrogen and oxygen atoms in total. The van der Waals surface area contributed by atoms with Crippen molar-refractivity contribution in [1.29, 1.82) is 0 Å². The largest absolute Gasteiger partial charge is 0.357 e. The highest BCUT2D eigenvalue weighted by molar-refractivity contribution is 14.0. The minimum absolute atomic E-state index is 0. The van der Waals surface area contributed by atoms with Gasteiger partial charge in [0.05, 0.1) is 6.54 Å². The van der Waals surface area contributed by atoms with Crippen LogP contribution in [0.4, 0.5) is 0 Å². The number of nitrogens with zero attached hydrogens (tertiary/aromatic N) is 3. The van der Waals surface area contributed by atoms with Crippen LogP contribution in [0.15, 0.2) is 35.3 Å². The fourth-order valence-corrected chi connectivity index (χ4v) is 3.98. The number of nitrogens with one attached hydrogen (secondary N) is 2. The molecule has 0 unspecified atom stereocenters. The number of hydrogen-bond acceptors (Lipinski definition) is 3. The van der Waals surface area contributed by atoms with Crippen LogP contribution in [-0.2, 0) is 6.54 Å². The van der Waals surface area contributed by atoms with E-state index < -0.39 is 0 Å². The minimum atomic E-state index is 0. The molecule has 0 aliphatic carbocycles. The second-order valence-electron chi connectivity index (χ2n) is 8.37. The Morgan fingerprint density at radius 3 is 2.28 bits per heavy atom. The maximum absolute atomic E-state index is 4.84. The molecule has 0 spiro atoms. The lowest BCUT2D eigenvalue weighted by Crippen LogP contribution is -2.48. The number of piperidine rings is 1. The second-order valence-corrected chi connectivity index (χ2v) is 8.37. The number of likely N-dealkylation sites (tertiary alicyclic amines) is 1. The molecule has 1 saturated heterocycles. The number of benzene rings is 1. The van der Waals surface area contributed by atoms with E-state index in [9.17, 15) is 0 Å². The van der Waals surface area contributed by atoms with Crippen LogP contribution in [0.3, 0.4) is 0 Å². The van der Waals surface area contributed by atoms with Crippen LogP contribution in [0.1, 0.15) is 53.0 Å². The summed E-state index contributed by atoms with van der Waals surface area (Å²) < 4.78 is 0. The Kier molecular flexibility index (Phi) is 12.8. The maximum atomic E-state index is 4.84. The second kappa shape index (κ2) is 14.2. The standard InChI is InChI=1S/C23H41N5.HI/c1-6-24-23(25-14-17-28(19(2)3)20(4)5)26-22-12-15-27(16-13-22)18-21-10-8-7-9-11-21;/h7-11,19-20,22H,6,12-18H2,1-5H3,(H2,24,25,26);1H. The first kappa shape index (κ1) is 26.2.